The molecule has 0 bridgehead atoms. The molecule has 1 aromatic heterocycles. The van der Waals surface area contributed by atoms with E-state index in [1.165, 1.54) is 0 Å². The van der Waals surface area contributed by atoms with E-state index in [4.69, 9.17) is 17.3 Å². The lowest BCUT2D eigenvalue weighted by atomic mass is 10.1. The third-order valence-corrected chi connectivity index (χ3v) is 3.52. The maximum atomic E-state index is 6.26. The van der Waals surface area contributed by atoms with Crippen molar-refractivity contribution < 1.29 is 0 Å². The second-order valence-corrected chi connectivity index (χ2v) is 5.04. The Kier molecular flexibility index (Phi) is 4.25. The monoisotopic (exact) mass is 265 g/mol. The highest BCUT2D eigenvalue weighted by Gasteiger charge is 2.14. The lowest BCUT2D eigenvalue weighted by molar-refractivity contribution is 0.566. The van der Waals surface area contributed by atoms with Crippen molar-refractivity contribution in [1.29, 1.82) is 0 Å². The molecule has 3 nitrogen and oxygen atoms in total. The number of hydrogen-bond donors (Lipinski definition) is 1. The molecule has 0 fully saturated rings. The van der Waals surface area contributed by atoms with Gasteiger partial charge >= 0.3 is 0 Å². The highest BCUT2D eigenvalue weighted by Crippen LogP contribution is 2.25. The number of benzene rings is 1. The number of fused-ring (bicyclic) bond motifs is 1. The van der Waals surface area contributed by atoms with Gasteiger partial charge in [0.15, 0.2) is 0 Å². The summed E-state index contributed by atoms with van der Waals surface area (Å²) in [6.07, 6.45) is 2.95. The Hall–Kier alpha value is -1.06. The van der Waals surface area contributed by atoms with Crippen LogP contribution < -0.4 is 5.73 Å². The quantitative estimate of drug-likeness (QED) is 0.901. The SMILES string of the molecule is CCCC(N)Cc1nc2cccc(Cl)c2n1CC. The summed E-state index contributed by atoms with van der Waals surface area (Å²) in [6.45, 7) is 5.13. The molecule has 2 aromatic rings. The van der Waals surface area contributed by atoms with Gasteiger partial charge in [0.05, 0.1) is 16.1 Å². The molecule has 0 spiro atoms. The average molecular weight is 266 g/mol. The number of nitrogens with zero attached hydrogens (tertiary/aromatic N) is 2. The molecule has 0 aliphatic carbocycles. The normalized spacial score (nSPS) is 13.1. The number of halogens is 1. The molecule has 4 heteroatoms. The largest absolute Gasteiger partial charge is 0.327 e. The lowest BCUT2D eigenvalue weighted by Crippen LogP contribution is -2.24. The summed E-state index contributed by atoms with van der Waals surface area (Å²) in [6, 6.07) is 6.03. The Balaban J connectivity index is 2.41. The molecule has 0 saturated carbocycles. The van der Waals surface area contributed by atoms with Gasteiger partial charge in [-0.3, -0.25) is 0 Å². The van der Waals surface area contributed by atoms with E-state index in [0.29, 0.717) is 0 Å². The maximum absolute atomic E-state index is 6.26. The standard InChI is InChI=1S/C14H20ClN3/c1-3-6-10(16)9-13-17-12-8-5-7-11(15)14(12)18(13)4-2/h5,7-8,10H,3-4,6,9,16H2,1-2H3. The number of hydrogen-bond acceptors (Lipinski definition) is 2. The van der Waals surface area contributed by atoms with Crippen molar-refractivity contribution in [3.8, 4) is 0 Å². The van der Waals surface area contributed by atoms with Gasteiger partial charge in [-0.25, -0.2) is 4.98 Å². The van der Waals surface area contributed by atoms with Gasteiger partial charge in [0, 0.05) is 19.0 Å². The molecule has 0 saturated heterocycles. The average Bonchev–Trinajstić information content (AvgIpc) is 2.68. The summed E-state index contributed by atoms with van der Waals surface area (Å²) >= 11 is 6.26. The highest BCUT2D eigenvalue weighted by atomic mass is 35.5. The Morgan fingerprint density at radius 3 is 2.83 bits per heavy atom. The molecule has 18 heavy (non-hydrogen) atoms. The van der Waals surface area contributed by atoms with Crippen LogP contribution in [0.5, 0.6) is 0 Å². The molecule has 0 aliphatic heterocycles. The van der Waals surface area contributed by atoms with Gasteiger partial charge < -0.3 is 10.3 Å². The zero-order chi connectivity index (χ0) is 13.1. The van der Waals surface area contributed by atoms with Crippen LogP contribution in [0.1, 0.15) is 32.5 Å². The number of aromatic nitrogens is 2. The van der Waals surface area contributed by atoms with Gasteiger partial charge in [-0.05, 0) is 25.5 Å². The minimum atomic E-state index is 0.177. The fourth-order valence-electron chi connectivity index (χ4n) is 2.39. The summed E-state index contributed by atoms with van der Waals surface area (Å²) in [5, 5.41) is 0.761. The van der Waals surface area contributed by atoms with E-state index in [0.717, 1.165) is 47.7 Å². The predicted molar refractivity (Wildman–Crippen MR) is 77.0 cm³/mol. The number of aryl methyl sites for hydroxylation is 1. The minimum Gasteiger partial charge on any atom is -0.327 e. The first-order valence-corrected chi connectivity index (χ1v) is 6.94. The first-order chi connectivity index (χ1) is 8.67. The third kappa shape index (κ3) is 2.52. The van der Waals surface area contributed by atoms with Gasteiger partial charge in [-0.2, -0.15) is 0 Å². The second kappa shape index (κ2) is 5.72. The van der Waals surface area contributed by atoms with Crippen LogP contribution in [0.25, 0.3) is 11.0 Å². The first kappa shape index (κ1) is 13.4. The number of nitrogens with two attached hydrogens (primary N) is 1. The van der Waals surface area contributed by atoms with Crippen molar-refractivity contribution in [3.63, 3.8) is 0 Å². The van der Waals surface area contributed by atoms with E-state index in [1.54, 1.807) is 0 Å². The number of para-hydroxylation sites is 1. The van der Waals surface area contributed by atoms with Gasteiger partial charge in [-0.15, -0.1) is 0 Å². The van der Waals surface area contributed by atoms with E-state index < -0.39 is 0 Å². The molecule has 0 amide bonds. The molecule has 0 radical (unpaired) electrons. The van der Waals surface area contributed by atoms with Gasteiger partial charge in [-0.1, -0.05) is 31.0 Å². The second-order valence-electron chi connectivity index (χ2n) is 4.63. The van der Waals surface area contributed by atoms with Crippen LogP contribution in [0.2, 0.25) is 5.02 Å². The van der Waals surface area contributed by atoms with Crippen LogP contribution in [0.4, 0.5) is 0 Å². The topological polar surface area (TPSA) is 43.8 Å². The summed E-state index contributed by atoms with van der Waals surface area (Å²) in [5.74, 6) is 1.04. The van der Waals surface area contributed by atoms with E-state index >= 15 is 0 Å². The molecule has 1 unspecified atom stereocenters. The minimum absolute atomic E-state index is 0.177. The third-order valence-electron chi connectivity index (χ3n) is 3.22. The van der Waals surface area contributed by atoms with Crippen molar-refractivity contribution in [2.24, 2.45) is 5.73 Å². The number of rotatable bonds is 5. The summed E-state index contributed by atoms with van der Waals surface area (Å²) in [5.41, 5.74) is 8.10. The lowest BCUT2D eigenvalue weighted by Gasteiger charge is -2.11. The Bertz CT molecular complexity index is 533. The molecule has 98 valence electrons. The fourth-order valence-corrected chi connectivity index (χ4v) is 2.67. The van der Waals surface area contributed by atoms with Crippen LogP contribution in [-0.4, -0.2) is 15.6 Å². The summed E-state index contributed by atoms with van der Waals surface area (Å²) < 4.78 is 2.17. The van der Waals surface area contributed by atoms with Crippen LogP contribution in [0.3, 0.4) is 0 Å². The number of imidazole rings is 1. The molecule has 1 atom stereocenters. The fraction of sp³-hybridized carbons (Fsp3) is 0.500. The highest BCUT2D eigenvalue weighted by molar-refractivity contribution is 6.35. The molecule has 2 rings (SSSR count). The summed E-state index contributed by atoms with van der Waals surface area (Å²) in [7, 11) is 0. The van der Waals surface area contributed by atoms with Crippen molar-refractivity contribution in [2.45, 2.75) is 45.7 Å². The molecular formula is C14H20ClN3. The molecule has 1 aromatic carbocycles. The predicted octanol–water partition coefficient (Wildman–Crippen LogP) is 3.38. The maximum Gasteiger partial charge on any atom is 0.111 e. The van der Waals surface area contributed by atoms with Crippen molar-refractivity contribution in [1.82, 2.24) is 9.55 Å². The van der Waals surface area contributed by atoms with Crippen LogP contribution in [-0.2, 0) is 13.0 Å². The summed E-state index contributed by atoms with van der Waals surface area (Å²) in [4.78, 5) is 4.67. The van der Waals surface area contributed by atoms with Crippen molar-refractivity contribution in [3.05, 3.63) is 29.0 Å². The molecular weight excluding hydrogens is 246 g/mol. The van der Waals surface area contributed by atoms with Crippen LogP contribution in [0, 0.1) is 0 Å². The van der Waals surface area contributed by atoms with Gasteiger partial charge in [0.25, 0.3) is 0 Å². The molecule has 2 N–H and O–H groups in total. The zero-order valence-electron chi connectivity index (χ0n) is 11.0. The Morgan fingerprint density at radius 2 is 2.17 bits per heavy atom. The van der Waals surface area contributed by atoms with E-state index in [2.05, 4.69) is 23.4 Å². The van der Waals surface area contributed by atoms with Crippen molar-refractivity contribution >= 4 is 22.6 Å². The Morgan fingerprint density at radius 1 is 1.39 bits per heavy atom. The molecule has 0 aliphatic rings. The van der Waals surface area contributed by atoms with Crippen LogP contribution in [0.15, 0.2) is 18.2 Å². The van der Waals surface area contributed by atoms with Crippen LogP contribution >= 0.6 is 11.6 Å². The first-order valence-electron chi connectivity index (χ1n) is 6.56. The molecule has 1 heterocycles. The van der Waals surface area contributed by atoms with Gasteiger partial charge in [0.2, 0.25) is 0 Å². The zero-order valence-corrected chi connectivity index (χ0v) is 11.7. The van der Waals surface area contributed by atoms with Crippen molar-refractivity contribution in [2.75, 3.05) is 0 Å². The van der Waals surface area contributed by atoms with E-state index in [1.807, 2.05) is 18.2 Å². The smallest absolute Gasteiger partial charge is 0.111 e. The van der Waals surface area contributed by atoms with Gasteiger partial charge in [0.1, 0.15) is 5.82 Å². The van der Waals surface area contributed by atoms with E-state index in [9.17, 15) is 0 Å². The Labute approximate surface area is 113 Å². The van der Waals surface area contributed by atoms with E-state index in [-0.39, 0.29) is 6.04 Å².